The smallest absolute Gasteiger partial charge is 0.361 e. The van der Waals surface area contributed by atoms with Gasteiger partial charge in [-0.2, -0.15) is 0 Å². The van der Waals surface area contributed by atoms with Crippen LogP contribution in [0.1, 0.15) is 17.4 Å². The van der Waals surface area contributed by atoms with E-state index in [1.165, 1.54) is 6.39 Å². The predicted octanol–water partition coefficient (Wildman–Crippen LogP) is 1.25. The number of aromatic nitrogens is 3. The third-order valence-electron chi connectivity index (χ3n) is 2.09. The van der Waals surface area contributed by atoms with Crippen molar-refractivity contribution in [2.24, 2.45) is 7.05 Å². The Morgan fingerprint density at radius 1 is 1.62 bits per heavy atom. The van der Waals surface area contributed by atoms with Gasteiger partial charge in [0.05, 0.1) is 19.1 Å². The molecule has 0 aliphatic carbocycles. The summed E-state index contributed by atoms with van der Waals surface area (Å²) in [7, 11) is 1.81. The molecule has 0 aliphatic heterocycles. The number of hydrogen-bond acceptors (Lipinski definition) is 5. The number of rotatable bonds is 3. The van der Waals surface area contributed by atoms with E-state index in [0.29, 0.717) is 18.1 Å². The van der Waals surface area contributed by atoms with Crippen molar-refractivity contribution in [1.29, 1.82) is 0 Å². The average Bonchev–Trinajstić information content (AvgIpc) is 2.85. The third kappa shape index (κ3) is 1.69. The molecule has 0 aliphatic rings. The third-order valence-corrected chi connectivity index (χ3v) is 2.09. The van der Waals surface area contributed by atoms with Gasteiger partial charge in [0.15, 0.2) is 17.8 Å². The van der Waals surface area contributed by atoms with E-state index in [9.17, 15) is 4.79 Å². The van der Waals surface area contributed by atoms with Crippen LogP contribution in [-0.4, -0.2) is 27.1 Å². The number of imidazole rings is 1. The average molecular weight is 221 g/mol. The Balaban J connectivity index is 2.40. The summed E-state index contributed by atoms with van der Waals surface area (Å²) in [5.41, 5.74) is 0.853. The van der Waals surface area contributed by atoms with E-state index in [1.807, 2.05) is 0 Å². The van der Waals surface area contributed by atoms with Crippen LogP contribution >= 0.6 is 0 Å². The summed E-state index contributed by atoms with van der Waals surface area (Å²) in [4.78, 5) is 19.4. The molecule has 0 aromatic carbocycles. The van der Waals surface area contributed by atoms with E-state index in [-0.39, 0.29) is 5.69 Å². The van der Waals surface area contributed by atoms with Crippen molar-refractivity contribution in [3.8, 4) is 11.5 Å². The molecule has 2 aromatic heterocycles. The Labute approximate surface area is 91.9 Å². The van der Waals surface area contributed by atoms with E-state index in [4.69, 9.17) is 9.15 Å². The minimum absolute atomic E-state index is 0.172. The first-order valence-corrected chi connectivity index (χ1v) is 4.81. The van der Waals surface area contributed by atoms with Gasteiger partial charge < -0.3 is 13.7 Å². The van der Waals surface area contributed by atoms with Crippen LogP contribution in [0.4, 0.5) is 0 Å². The molecule has 0 bridgehead atoms. The highest BCUT2D eigenvalue weighted by molar-refractivity contribution is 5.93. The van der Waals surface area contributed by atoms with Crippen molar-refractivity contribution < 1.29 is 13.9 Å². The fourth-order valence-corrected chi connectivity index (χ4v) is 1.35. The molecule has 0 fully saturated rings. The fourth-order valence-electron chi connectivity index (χ4n) is 1.35. The molecule has 0 radical (unpaired) electrons. The topological polar surface area (TPSA) is 70.2 Å². The van der Waals surface area contributed by atoms with Gasteiger partial charge in [-0.3, -0.25) is 0 Å². The number of esters is 1. The molecule has 16 heavy (non-hydrogen) atoms. The van der Waals surface area contributed by atoms with Gasteiger partial charge in [0.1, 0.15) is 5.69 Å². The minimum atomic E-state index is -0.493. The molecule has 2 rings (SSSR count). The van der Waals surface area contributed by atoms with E-state index >= 15 is 0 Å². The minimum Gasteiger partial charge on any atom is -0.461 e. The number of aryl methyl sites for hydroxylation is 1. The first kappa shape index (κ1) is 10.4. The van der Waals surface area contributed by atoms with Gasteiger partial charge in [0.2, 0.25) is 0 Å². The van der Waals surface area contributed by atoms with Crippen LogP contribution in [-0.2, 0) is 11.8 Å². The lowest BCUT2D eigenvalue weighted by atomic mass is 10.3. The number of oxazole rings is 1. The lowest BCUT2D eigenvalue weighted by Gasteiger charge is -2.01. The second-order valence-electron chi connectivity index (χ2n) is 3.14. The molecule has 0 spiro atoms. The van der Waals surface area contributed by atoms with Crippen molar-refractivity contribution in [2.75, 3.05) is 6.61 Å². The number of ether oxygens (including phenoxy) is 1. The Morgan fingerprint density at radius 2 is 2.44 bits per heavy atom. The van der Waals surface area contributed by atoms with E-state index in [0.717, 1.165) is 0 Å². The molecule has 0 saturated carbocycles. The van der Waals surface area contributed by atoms with Crippen molar-refractivity contribution in [3.63, 3.8) is 0 Å². The van der Waals surface area contributed by atoms with Crippen molar-refractivity contribution in [1.82, 2.24) is 14.5 Å². The lowest BCUT2D eigenvalue weighted by molar-refractivity contribution is 0.0520. The first-order chi connectivity index (χ1) is 7.74. The van der Waals surface area contributed by atoms with Crippen LogP contribution in [0.5, 0.6) is 0 Å². The molecule has 0 unspecified atom stereocenters. The quantitative estimate of drug-likeness (QED) is 0.729. The largest absolute Gasteiger partial charge is 0.461 e. The standard InChI is InChI=1S/C10H11N3O3/c1-3-15-10(14)8-9(16-6-12-8)7-4-11-5-13(7)2/h4-6H,3H2,1-2H3. The van der Waals surface area contributed by atoms with Crippen molar-refractivity contribution in [3.05, 3.63) is 24.6 Å². The second kappa shape index (κ2) is 4.18. The van der Waals surface area contributed by atoms with Gasteiger partial charge in [0, 0.05) is 7.05 Å². The molecule has 6 heteroatoms. The van der Waals surface area contributed by atoms with Gasteiger partial charge in [-0.15, -0.1) is 0 Å². The summed E-state index contributed by atoms with van der Waals surface area (Å²) >= 11 is 0. The molecule has 6 nitrogen and oxygen atoms in total. The van der Waals surface area contributed by atoms with E-state index in [2.05, 4.69) is 9.97 Å². The van der Waals surface area contributed by atoms with Crippen LogP contribution in [0.15, 0.2) is 23.3 Å². The summed E-state index contributed by atoms with van der Waals surface area (Å²) in [5, 5.41) is 0. The van der Waals surface area contributed by atoms with Crippen LogP contribution in [0.2, 0.25) is 0 Å². The Kier molecular flexibility index (Phi) is 2.72. The van der Waals surface area contributed by atoms with Gasteiger partial charge in [-0.25, -0.2) is 14.8 Å². The van der Waals surface area contributed by atoms with Crippen LogP contribution < -0.4 is 0 Å². The van der Waals surface area contributed by atoms with Crippen LogP contribution in [0.3, 0.4) is 0 Å². The Hall–Kier alpha value is -2.11. The zero-order chi connectivity index (χ0) is 11.5. The molecule has 0 saturated heterocycles. The molecule has 0 N–H and O–H groups in total. The normalized spacial score (nSPS) is 10.4. The highest BCUT2D eigenvalue weighted by Crippen LogP contribution is 2.22. The molecule has 2 heterocycles. The van der Waals surface area contributed by atoms with Crippen molar-refractivity contribution >= 4 is 5.97 Å². The highest BCUT2D eigenvalue weighted by Gasteiger charge is 2.21. The summed E-state index contributed by atoms with van der Waals surface area (Å²) in [6.45, 7) is 2.04. The van der Waals surface area contributed by atoms with Gasteiger partial charge >= 0.3 is 5.97 Å². The van der Waals surface area contributed by atoms with Crippen LogP contribution in [0, 0.1) is 0 Å². The highest BCUT2D eigenvalue weighted by atomic mass is 16.5. The molecular formula is C10H11N3O3. The van der Waals surface area contributed by atoms with Crippen molar-refractivity contribution in [2.45, 2.75) is 6.92 Å². The summed E-state index contributed by atoms with van der Waals surface area (Å²) < 4.78 is 11.8. The first-order valence-electron chi connectivity index (χ1n) is 4.81. The van der Waals surface area contributed by atoms with E-state index < -0.39 is 5.97 Å². The number of hydrogen-bond donors (Lipinski definition) is 0. The summed E-state index contributed by atoms with van der Waals surface area (Å²) in [5.74, 6) is -0.120. The second-order valence-corrected chi connectivity index (χ2v) is 3.14. The zero-order valence-corrected chi connectivity index (χ0v) is 9.01. The number of carbonyl (C=O) groups is 1. The maximum atomic E-state index is 11.6. The number of nitrogens with zero attached hydrogens (tertiary/aromatic N) is 3. The SMILES string of the molecule is CCOC(=O)c1ncoc1-c1cncn1C. The maximum absolute atomic E-state index is 11.6. The Morgan fingerprint density at radius 3 is 3.06 bits per heavy atom. The fraction of sp³-hybridized carbons (Fsp3) is 0.300. The van der Waals surface area contributed by atoms with E-state index in [1.54, 1.807) is 31.1 Å². The van der Waals surface area contributed by atoms with Gasteiger partial charge in [-0.1, -0.05) is 0 Å². The summed E-state index contributed by atoms with van der Waals surface area (Å²) in [6.07, 6.45) is 4.44. The maximum Gasteiger partial charge on any atom is 0.361 e. The lowest BCUT2D eigenvalue weighted by Crippen LogP contribution is -2.07. The van der Waals surface area contributed by atoms with Gasteiger partial charge in [0.25, 0.3) is 0 Å². The van der Waals surface area contributed by atoms with Crippen LogP contribution in [0.25, 0.3) is 11.5 Å². The molecule has 0 amide bonds. The van der Waals surface area contributed by atoms with Gasteiger partial charge in [-0.05, 0) is 6.92 Å². The molecule has 0 atom stereocenters. The zero-order valence-electron chi connectivity index (χ0n) is 9.01. The molecule has 2 aromatic rings. The number of carbonyl (C=O) groups excluding carboxylic acids is 1. The molecular weight excluding hydrogens is 210 g/mol. The predicted molar refractivity (Wildman–Crippen MR) is 54.7 cm³/mol. The molecule has 84 valence electrons. The monoisotopic (exact) mass is 221 g/mol. The summed E-state index contributed by atoms with van der Waals surface area (Å²) in [6, 6.07) is 0. The Bertz CT molecular complexity index is 501.